The zero-order chi connectivity index (χ0) is 11.4. The van der Waals surface area contributed by atoms with Crippen LogP contribution in [-0.4, -0.2) is 48.3 Å². The Morgan fingerprint density at radius 2 is 2.27 bits per heavy atom. The van der Waals surface area contributed by atoms with Gasteiger partial charge in [0.05, 0.1) is 12.0 Å². The number of hydrogen-bond acceptors (Lipinski definition) is 3. The number of carboxylic acids is 1. The minimum Gasteiger partial charge on any atom is -0.481 e. The molecule has 0 bridgehead atoms. The molecular formula is C11H21NO3. The zero-order valence-corrected chi connectivity index (χ0v) is 9.77. The van der Waals surface area contributed by atoms with Crippen molar-refractivity contribution < 1.29 is 14.6 Å². The molecular weight excluding hydrogens is 194 g/mol. The molecule has 1 saturated heterocycles. The van der Waals surface area contributed by atoms with Gasteiger partial charge in [0.15, 0.2) is 0 Å². The molecule has 1 fully saturated rings. The molecule has 0 aromatic rings. The number of likely N-dealkylation sites (N-methyl/N-ethyl adjacent to an activating group) is 1. The molecule has 0 amide bonds. The molecule has 1 N–H and O–H groups in total. The second-order valence-electron chi connectivity index (χ2n) is 4.44. The Hall–Kier alpha value is -0.610. The summed E-state index contributed by atoms with van der Waals surface area (Å²) in [5.74, 6) is -1.07. The highest BCUT2D eigenvalue weighted by atomic mass is 16.5. The molecule has 3 unspecified atom stereocenters. The van der Waals surface area contributed by atoms with Gasteiger partial charge < -0.3 is 14.7 Å². The Kier molecular flexibility index (Phi) is 4.54. The van der Waals surface area contributed by atoms with Crippen LogP contribution in [0.3, 0.4) is 0 Å². The first-order valence-corrected chi connectivity index (χ1v) is 5.57. The van der Waals surface area contributed by atoms with Crippen LogP contribution in [-0.2, 0) is 9.53 Å². The minimum atomic E-state index is -0.735. The lowest BCUT2D eigenvalue weighted by molar-refractivity contribution is -0.143. The van der Waals surface area contributed by atoms with Crippen molar-refractivity contribution in [3.63, 3.8) is 0 Å². The summed E-state index contributed by atoms with van der Waals surface area (Å²) in [5, 5.41) is 8.90. The maximum absolute atomic E-state index is 10.8. The third-order valence-corrected chi connectivity index (χ3v) is 3.32. The van der Waals surface area contributed by atoms with Crippen molar-refractivity contribution in [1.82, 2.24) is 4.90 Å². The molecule has 15 heavy (non-hydrogen) atoms. The highest BCUT2D eigenvalue weighted by Gasteiger charge is 2.26. The Balaban J connectivity index is 2.37. The standard InChI is InChI=1S/C11H21NO3/c1-8(11(13)14)9(2)12(3)7-10-5-4-6-15-10/h8-10H,4-7H2,1-3H3,(H,13,14). The van der Waals surface area contributed by atoms with Gasteiger partial charge in [-0.1, -0.05) is 6.92 Å². The predicted molar refractivity (Wildman–Crippen MR) is 57.9 cm³/mol. The number of carbonyl (C=O) groups is 1. The largest absolute Gasteiger partial charge is 0.481 e. The number of rotatable bonds is 5. The molecule has 1 aliphatic rings. The summed E-state index contributed by atoms with van der Waals surface area (Å²) in [6.07, 6.45) is 2.51. The van der Waals surface area contributed by atoms with Gasteiger partial charge in [0.1, 0.15) is 0 Å². The highest BCUT2D eigenvalue weighted by Crippen LogP contribution is 2.16. The van der Waals surface area contributed by atoms with E-state index in [4.69, 9.17) is 9.84 Å². The quantitative estimate of drug-likeness (QED) is 0.749. The van der Waals surface area contributed by atoms with Crippen LogP contribution in [0, 0.1) is 5.92 Å². The van der Waals surface area contributed by atoms with Crippen LogP contribution in [0.2, 0.25) is 0 Å². The Labute approximate surface area is 91.2 Å². The fourth-order valence-electron chi connectivity index (χ4n) is 1.86. The van der Waals surface area contributed by atoms with E-state index in [1.54, 1.807) is 6.92 Å². The van der Waals surface area contributed by atoms with Gasteiger partial charge in [0.25, 0.3) is 0 Å². The maximum Gasteiger partial charge on any atom is 0.307 e. The Morgan fingerprint density at radius 3 is 2.73 bits per heavy atom. The average Bonchev–Trinajstić information content (AvgIpc) is 2.67. The molecule has 0 aliphatic carbocycles. The lowest BCUT2D eigenvalue weighted by Crippen LogP contribution is -2.41. The smallest absolute Gasteiger partial charge is 0.307 e. The lowest BCUT2D eigenvalue weighted by atomic mass is 10.0. The summed E-state index contributed by atoms with van der Waals surface area (Å²) in [6.45, 7) is 5.38. The van der Waals surface area contributed by atoms with Crippen LogP contribution in [0.1, 0.15) is 26.7 Å². The van der Waals surface area contributed by atoms with Gasteiger partial charge in [-0.25, -0.2) is 0 Å². The van der Waals surface area contributed by atoms with Gasteiger partial charge >= 0.3 is 5.97 Å². The van der Waals surface area contributed by atoms with E-state index in [1.165, 1.54) is 0 Å². The topological polar surface area (TPSA) is 49.8 Å². The van der Waals surface area contributed by atoms with Gasteiger partial charge in [-0.15, -0.1) is 0 Å². The van der Waals surface area contributed by atoms with Crippen molar-refractivity contribution in [2.24, 2.45) is 5.92 Å². The minimum absolute atomic E-state index is 0.0479. The first kappa shape index (κ1) is 12.5. The van der Waals surface area contributed by atoms with Crippen LogP contribution in [0.25, 0.3) is 0 Å². The third kappa shape index (κ3) is 3.47. The SMILES string of the molecule is CC(C(=O)O)C(C)N(C)CC1CCCO1. The molecule has 0 spiro atoms. The van der Waals surface area contributed by atoms with E-state index in [9.17, 15) is 4.79 Å². The molecule has 4 nitrogen and oxygen atoms in total. The molecule has 0 saturated carbocycles. The number of nitrogens with zero attached hydrogens (tertiary/aromatic N) is 1. The summed E-state index contributed by atoms with van der Waals surface area (Å²) < 4.78 is 5.52. The predicted octanol–water partition coefficient (Wildman–Crippen LogP) is 1.21. The number of ether oxygens (including phenoxy) is 1. The molecule has 4 heteroatoms. The van der Waals surface area contributed by atoms with Gasteiger partial charge in [0.2, 0.25) is 0 Å². The fraction of sp³-hybridized carbons (Fsp3) is 0.909. The first-order valence-electron chi connectivity index (χ1n) is 5.57. The fourth-order valence-corrected chi connectivity index (χ4v) is 1.86. The van der Waals surface area contributed by atoms with Gasteiger partial charge in [0, 0.05) is 19.2 Å². The highest BCUT2D eigenvalue weighted by molar-refractivity contribution is 5.70. The molecule has 1 rings (SSSR count). The second-order valence-corrected chi connectivity index (χ2v) is 4.44. The van der Waals surface area contributed by atoms with Crippen LogP contribution < -0.4 is 0 Å². The molecule has 1 aliphatic heterocycles. The Bertz CT molecular complexity index is 214. The molecule has 0 aromatic carbocycles. The number of carboxylic acid groups (broad SMARTS) is 1. The van der Waals surface area contributed by atoms with Crippen molar-refractivity contribution in [3.05, 3.63) is 0 Å². The normalized spacial score (nSPS) is 25.5. The lowest BCUT2D eigenvalue weighted by Gasteiger charge is -2.29. The van der Waals surface area contributed by atoms with Gasteiger partial charge in [-0.3, -0.25) is 4.79 Å². The number of aliphatic carboxylic acids is 1. The van der Waals surface area contributed by atoms with Crippen LogP contribution >= 0.6 is 0 Å². The summed E-state index contributed by atoms with van der Waals surface area (Å²) in [7, 11) is 1.96. The van der Waals surface area contributed by atoms with Crippen molar-refractivity contribution >= 4 is 5.97 Å². The summed E-state index contributed by atoms with van der Waals surface area (Å²) in [4.78, 5) is 12.9. The van der Waals surface area contributed by atoms with Crippen molar-refractivity contribution in [1.29, 1.82) is 0 Å². The van der Waals surface area contributed by atoms with E-state index in [2.05, 4.69) is 4.90 Å². The van der Waals surface area contributed by atoms with E-state index < -0.39 is 5.97 Å². The van der Waals surface area contributed by atoms with E-state index >= 15 is 0 Å². The van der Waals surface area contributed by atoms with E-state index in [1.807, 2.05) is 14.0 Å². The van der Waals surface area contributed by atoms with Crippen molar-refractivity contribution in [3.8, 4) is 0 Å². The van der Waals surface area contributed by atoms with Crippen molar-refractivity contribution in [2.45, 2.75) is 38.8 Å². The molecule has 0 aromatic heterocycles. The van der Waals surface area contributed by atoms with Crippen LogP contribution in [0.15, 0.2) is 0 Å². The number of hydrogen-bond donors (Lipinski definition) is 1. The summed E-state index contributed by atoms with van der Waals surface area (Å²) in [6, 6.07) is 0.0479. The third-order valence-electron chi connectivity index (χ3n) is 3.32. The molecule has 3 atom stereocenters. The average molecular weight is 215 g/mol. The van der Waals surface area contributed by atoms with Crippen LogP contribution in [0.4, 0.5) is 0 Å². The molecule has 88 valence electrons. The van der Waals surface area contributed by atoms with Crippen LogP contribution in [0.5, 0.6) is 0 Å². The maximum atomic E-state index is 10.8. The summed E-state index contributed by atoms with van der Waals surface area (Å²) in [5.41, 5.74) is 0. The second kappa shape index (κ2) is 5.47. The van der Waals surface area contributed by atoms with Gasteiger partial charge in [-0.2, -0.15) is 0 Å². The molecule has 1 heterocycles. The monoisotopic (exact) mass is 215 g/mol. The van der Waals surface area contributed by atoms with Gasteiger partial charge in [-0.05, 0) is 26.8 Å². The zero-order valence-electron chi connectivity index (χ0n) is 9.77. The Morgan fingerprint density at radius 1 is 1.60 bits per heavy atom. The van der Waals surface area contributed by atoms with E-state index in [-0.39, 0.29) is 12.0 Å². The first-order chi connectivity index (χ1) is 7.02. The molecule has 0 radical (unpaired) electrons. The van der Waals surface area contributed by atoms with E-state index in [0.29, 0.717) is 6.10 Å². The van der Waals surface area contributed by atoms with Crippen molar-refractivity contribution in [2.75, 3.05) is 20.2 Å². The van der Waals surface area contributed by atoms with E-state index in [0.717, 1.165) is 26.0 Å². The summed E-state index contributed by atoms with van der Waals surface area (Å²) >= 11 is 0.